The lowest BCUT2D eigenvalue weighted by molar-refractivity contribution is -0.654. The van der Waals surface area contributed by atoms with Crippen LogP contribution in [0.15, 0.2) is 27.1 Å². The van der Waals surface area contributed by atoms with Gasteiger partial charge in [-0.3, -0.25) is 0 Å². The third-order valence-corrected chi connectivity index (χ3v) is 2.55. The Morgan fingerprint density at radius 3 is 3.00 bits per heavy atom. The second kappa shape index (κ2) is 2.53. The Bertz CT molecular complexity index is 328. The largest absolute Gasteiger partial charge is 0.221 e. The molecule has 2 heterocycles. The molecule has 0 fully saturated rings. The number of nitrogens with zero attached hydrogens (tertiary/aromatic N) is 4. The van der Waals surface area contributed by atoms with E-state index in [1.54, 1.807) is 18.1 Å². The van der Waals surface area contributed by atoms with Gasteiger partial charge in [0.25, 0.3) is 0 Å². The zero-order valence-electron chi connectivity index (χ0n) is 6.93. The molecule has 62 valence electrons. The van der Waals surface area contributed by atoms with Gasteiger partial charge in [0.05, 0.1) is 13.2 Å². The fourth-order valence-corrected chi connectivity index (χ4v) is 1.75. The molecule has 2 aliphatic rings. The van der Waals surface area contributed by atoms with Crippen molar-refractivity contribution in [2.45, 2.75) is 0 Å². The van der Waals surface area contributed by atoms with Gasteiger partial charge in [-0.25, -0.2) is 9.48 Å². The zero-order chi connectivity index (χ0) is 8.60. The minimum absolute atomic E-state index is 0.541. The number of hydrogen-bond acceptors (Lipinski definition) is 4. The molecule has 0 amide bonds. The third kappa shape index (κ3) is 0.937. The maximum Gasteiger partial charge on any atom is 0.221 e. The molecule has 4 nitrogen and oxygen atoms in total. The number of rotatable bonds is 0. The SMILES string of the molecule is CSC1=NN=C[N+]2(C)C=NC=C12. The van der Waals surface area contributed by atoms with Gasteiger partial charge in [0.2, 0.25) is 12.7 Å². The molecule has 0 saturated carbocycles. The first-order valence-corrected chi connectivity index (χ1v) is 4.76. The maximum absolute atomic E-state index is 4.10. The fraction of sp³-hybridized carbons (Fsp3) is 0.286. The van der Waals surface area contributed by atoms with E-state index in [1.807, 2.05) is 25.8 Å². The molecule has 2 aliphatic heterocycles. The molecule has 1 unspecified atom stereocenters. The molecule has 12 heavy (non-hydrogen) atoms. The fourth-order valence-electron chi connectivity index (χ4n) is 1.16. The summed E-state index contributed by atoms with van der Waals surface area (Å²) < 4.78 is 0.541. The van der Waals surface area contributed by atoms with E-state index >= 15 is 0 Å². The van der Waals surface area contributed by atoms with Crippen LogP contribution in [0.5, 0.6) is 0 Å². The number of hydrogen-bond donors (Lipinski definition) is 0. The highest BCUT2D eigenvalue weighted by Crippen LogP contribution is 2.24. The lowest BCUT2D eigenvalue weighted by atomic mass is 10.4. The highest BCUT2D eigenvalue weighted by molar-refractivity contribution is 8.13. The monoisotopic (exact) mass is 181 g/mol. The van der Waals surface area contributed by atoms with Crippen molar-refractivity contribution in [2.75, 3.05) is 13.3 Å². The van der Waals surface area contributed by atoms with Gasteiger partial charge in [0, 0.05) is 0 Å². The van der Waals surface area contributed by atoms with Crippen LogP contribution in [0.1, 0.15) is 0 Å². The molecule has 0 saturated heterocycles. The predicted octanol–water partition coefficient (Wildman–Crippen LogP) is 1.03. The molecule has 0 N–H and O–H groups in total. The number of thioether (sulfide) groups is 1. The van der Waals surface area contributed by atoms with Crippen molar-refractivity contribution < 1.29 is 4.48 Å². The third-order valence-electron chi connectivity index (χ3n) is 1.87. The van der Waals surface area contributed by atoms with E-state index in [1.165, 1.54) is 0 Å². The van der Waals surface area contributed by atoms with Crippen LogP contribution in [-0.2, 0) is 0 Å². The van der Waals surface area contributed by atoms with E-state index in [9.17, 15) is 0 Å². The lowest BCUT2D eigenvalue weighted by Gasteiger charge is -2.23. The molecule has 0 bridgehead atoms. The number of aliphatic imine (C=N–C) groups is 1. The van der Waals surface area contributed by atoms with E-state index in [2.05, 4.69) is 15.2 Å². The van der Waals surface area contributed by atoms with Crippen LogP contribution in [-0.4, -0.2) is 35.5 Å². The summed E-state index contributed by atoms with van der Waals surface area (Å²) in [4.78, 5) is 4.10. The molecule has 0 radical (unpaired) electrons. The Morgan fingerprint density at radius 2 is 2.25 bits per heavy atom. The van der Waals surface area contributed by atoms with Gasteiger partial charge in [-0.1, -0.05) is 5.10 Å². The number of quaternary nitrogens is 1. The van der Waals surface area contributed by atoms with E-state index in [-0.39, 0.29) is 0 Å². The Kier molecular flexibility index (Phi) is 1.62. The Labute approximate surface area is 75.0 Å². The van der Waals surface area contributed by atoms with Crippen LogP contribution in [0.4, 0.5) is 0 Å². The summed E-state index contributed by atoms with van der Waals surface area (Å²) in [5.41, 5.74) is 1.09. The molecule has 2 rings (SSSR count). The van der Waals surface area contributed by atoms with Crippen LogP contribution in [0.3, 0.4) is 0 Å². The van der Waals surface area contributed by atoms with Crippen molar-refractivity contribution in [3.05, 3.63) is 11.9 Å². The minimum atomic E-state index is 0.541. The van der Waals surface area contributed by atoms with Gasteiger partial charge in [-0.15, -0.1) is 16.9 Å². The van der Waals surface area contributed by atoms with E-state index in [0.717, 1.165) is 10.7 Å². The molecular weight excluding hydrogens is 172 g/mol. The Morgan fingerprint density at radius 1 is 1.42 bits per heavy atom. The van der Waals surface area contributed by atoms with Crippen LogP contribution >= 0.6 is 11.8 Å². The molecule has 1 atom stereocenters. The predicted molar refractivity (Wildman–Crippen MR) is 52.2 cm³/mol. The smallest absolute Gasteiger partial charge is 0.205 e. The average Bonchev–Trinajstić information content (AvgIpc) is 2.45. The molecule has 5 heteroatoms. The van der Waals surface area contributed by atoms with Crippen molar-refractivity contribution in [1.82, 2.24) is 0 Å². The highest BCUT2D eigenvalue weighted by atomic mass is 32.2. The Balaban J connectivity index is 2.45. The van der Waals surface area contributed by atoms with Gasteiger partial charge in [0.1, 0.15) is 0 Å². The molecule has 0 aliphatic carbocycles. The first-order chi connectivity index (χ1) is 5.76. The van der Waals surface area contributed by atoms with Crippen molar-refractivity contribution in [1.29, 1.82) is 0 Å². The topological polar surface area (TPSA) is 37.1 Å². The van der Waals surface area contributed by atoms with E-state index < -0.39 is 0 Å². The van der Waals surface area contributed by atoms with Crippen molar-refractivity contribution in [3.8, 4) is 0 Å². The van der Waals surface area contributed by atoms with Crippen LogP contribution in [0.2, 0.25) is 0 Å². The minimum Gasteiger partial charge on any atom is -0.205 e. The Hall–Kier alpha value is -0.940. The molecule has 0 aromatic carbocycles. The first kappa shape index (κ1) is 7.70. The molecular formula is C7H9N4S+. The summed E-state index contributed by atoms with van der Waals surface area (Å²) in [5, 5.41) is 8.89. The highest BCUT2D eigenvalue weighted by Gasteiger charge is 2.34. The van der Waals surface area contributed by atoms with Crippen LogP contribution < -0.4 is 0 Å². The second-order valence-corrected chi connectivity index (χ2v) is 3.56. The van der Waals surface area contributed by atoms with Crippen LogP contribution in [0.25, 0.3) is 0 Å². The summed E-state index contributed by atoms with van der Waals surface area (Å²) >= 11 is 1.59. The lowest BCUT2D eigenvalue weighted by Crippen LogP contribution is -2.41. The molecule has 0 spiro atoms. The standard InChI is InChI=1S/C7H9N4S/c1-11-4-8-3-6(11)7(12-2)10-9-5-11/h3-5H,1-2H3/q+1. The first-order valence-electron chi connectivity index (χ1n) is 3.54. The normalized spacial score (nSPS) is 31.5. The second-order valence-electron chi connectivity index (χ2n) is 2.77. The van der Waals surface area contributed by atoms with Gasteiger partial charge in [-0.05, 0) is 6.26 Å². The van der Waals surface area contributed by atoms with Gasteiger partial charge in [-0.2, -0.15) is 0 Å². The van der Waals surface area contributed by atoms with Crippen molar-refractivity contribution in [3.63, 3.8) is 0 Å². The van der Waals surface area contributed by atoms with Crippen LogP contribution in [0, 0.1) is 0 Å². The quantitative estimate of drug-likeness (QED) is 0.514. The summed E-state index contributed by atoms with van der Waals surface area (Å²) in [6, 6.07) is 0. The van der Waals surface area contributed by atoms with Gasteiger partial charge < -0.3 is 0 Å². The summed E-state index contributed by atoms with van der Waals surface area (Å²) in [7, 11) is 2.02. The van der Waals surface area contributed by atoms with Gasteiger partial charge >= 0.3 is 0 Å². The number of fused-ring (bicyclic) bond motifs is 1. The van der Waals surface area contributed by atoms with Crippen molar-refractivity contribution in [2.24, 2.45) is 15.2 Å². The summed E-state index contributed by atoms with van der Waals surface area (Å²) in [5.74, 6) is 0. The van der Waals surface area contributed by atoms with E-state index in [0.29, 0.717) is 4.48 Å². The van der Waals surface area contributed by atoms with Crippen molar-refractivity contribution >= 4 is 29.5 Å². The summed E-state index contributed by atoms with van der Waals surface area (Å²) in [6.07, 6.45) is 7.43. The molecule has 0 aromatic heterocycles. The summed E-state index contributed by atoms with van der Waals surface area (Å²) in [6.45, 7) is 0. The molecule has 0 aromatic rings. The zero-order valence-corrected chi connectivity index (χ0v) is 7.75. The maximum atomic E-state index is 4.10. The average molecular weight is 181 g/mol. The van der Waals surface area contributed by atoms with E-state index in [4.69, 9.17) is 0 Å². The van der Waals surface area contributed by atoms with Gasteiger partial charge in [0.15, 0.2) is 10.7 Å².